The van der Waals surface area contributed by atoms with Gasteiger partial charge in [0.1, 0.15) is 0 Å². The number of nitrogens with zero attached hydrogens (tertiary/aromatic N) is 1. The van der Waals surface area contributed by atoms with E-state index in [-0.39, 0.29) is 0 Å². The average Bonchev–Trinajstić information content (AvgIpc) is 2.26. The van der Waals surface area contributed by atoms with Crippen LogP contribution in [0.4, 0.5) is 11.4 Å². The van der Waals surface area contributed by atoms with Crippen molar-refractivity contribution in [3.63, 3.8) is 0 Å². The van der Waals surface area contributed by atoms with E-state index in [9.17, 15) is 0 Å². The second-order valence-corrected chi connectivity index (χ2v) is 3.69. The molecule has 0 spiro atoms. The van der Waals surface area contributed by atoms with Gasteiger partial charge in [-0.2, -0.15) is 0 Å². The van der Waals surface area contributed by atoms with Gasteiger partial charge in [0, 0.05) is 24.5 Å². The van der Waals surface area contributed by atoms with Crippen molar-refractivity contribution < 1.29 is 0 Å². The quantitative estimate of drug-likeness (QED) is 0.587. The average molecular weight is 200 g/mol. The van der Waals surface area contributed by atoms with Crippen LogP contribution in [-0.4, -0.2) is 13.1 Å². The molecule has 0 aliphatic carbocycles. The Labute approximate surface area is 90.7 Å². The van der Waals surface area contributed by atoms with Gasteiger partial charge in [-0.05, 0) is 24.6 Å². The number of rotatable bonds is 2. The van der Waals surface area contributed by atoms with Gasteiger partial charge in [-0.1, -0.05) is 30.4 Å². The lowest BCUT2D eigenvalue weighted by molar-refractivity contribution is 0.945. The van der Waals surface area contributed by atoms with E-state index in [0.717, 1.165) is 18.8 Å². The third-order valence-corrected chi connectivity index (χ3v) is 2.58. The van der Waals surface area contributed by atoms with E-state index < -0.39 is 0 Å². The minimum atomic E-state index is 0.828. The molecule has 1 aromatic rings. The summed E-state index contributed by atoms with van der Waals surface area (Å²) in [7, 11) is 0. The van der Waals surface area contributed by atoms with Crippen molar-refractivity contribution in [2.45, 2.75) is 6.92 Å². The Morgan fingerprint density at radius 2 is 2.33 bits per heavy atom. The number of hydrogen-bond donors (Lipinski definition) is 1. The highest BCUT2D eigenvalue weighted by atomic mass is 15.1. The standard InChI is InChI=1S/C13H16N2/c1-2-3-8-15-9-4-5-11-6-7-12(14)10-13(11)15/h2-7,10H,8-9,14H2,1H3/b3-2+. The van der Waals surface area contributed by atoms with Gasteiger partial charge >= 0.3 is 0 Å². The lowest BCUT2D eigenvalue weighted by Gasteiger charge is -2.27. The van der Waals surface area contributed by atoms with Crippen LogP contribution in [0.3, 0.4) is 0 Å². The van der Waals surface area contributed by atoms with Crippen LogP contribution < -0.4 is 10.6 Å². The third kappa shape index (κ3) is 2.04. The topological polar surface area (TPSA) is 29.3 Å². The van der Waals surface area contributed by atoms with E-state index in [1.54, 1.807) is 0 Å². The number of fused-ring (bicyclic) bond motifs is 1. The zero-order valence-electron chi connectivity index (χ0n) is 8.98. The molecule has 0 radical (unpaired) electrons. The maximum atomic E-state index is 5.80. The predicted octanol–water partition coefficient (Wildman–Crippen LogP) is 2.68. The van der Waals surface area contributed by atoms with Crippen molar-refractivity contribution in [2.75, 3.05) is 23.7 Å². The minimum absolute atomic E-state index is 0.828. The molecule has 1 aliphatic rings. The zero-order chi connectivity index (χ0) is 10.7. The molecule has 0 saturated heterocycles. The van der Waals surface area contributed by atoms with Crippen LogP contribution in [0.5, 0.6) is 0 Å². The Hall–Kier alpha value is -1.70. The van der Waals surface area contributed by atoms with Crippen molar-refractivity contribution in [1.82, 2.24) is 0 Å². The summed E-state index contributed by atoms with van der Waals surface area (Å²) in [5.41, 5.74) is 9.11. The lowest BCUT2D eigenvalue weighted by Crippen LogP contribution is -2.26. The molecule has 1 heterocycles. The number of hydrogen-bond acceptors (Lipinski definition) is 2. The van der Waals surface area contributed by atoms with Crippen LogP contribution in [0, 0.1) is 0 Å². The van der Waals surface area contributed by atoms with Crippen LogP contribution in [0.2, 0.25) is 0 Å². The molecule has 2 N–H and O–H groups in total. The molecule has 0 atom stereocenters. The second kappa shape index (κ2) is 4.22. The molecular formula is C13H16N2. The Kier molecular flexibility index (Phi) is 2.77. The van der Waals surface area contributed by atoms with Crippen molar-refractivity contribution in [2.24, 2.45) is 0 Å². The van der Waals surface area contributed by atoms with Gasteiger partial charge in [-0.15, -0.1) is 0 Å². The van der Waals surface area contributed by atoms with E-state index in [4.69, 9.17) is 5.73 Å². The molecule has 15 heavy (non-hydrogen) atoms. The smallest absolute Gasteiger partial charge is 0.0466 e. The van der Waals surface area contributed by atoms with Gasteiger partial charge in [0.05, 0.1) is 0 Å². The third-order valence-electron chi connectivity index (χ3n) is 2.58. The maximum absolute atomic E-state index is 5.80. The fourth-order valence-electron chi connectivity index (χ4n) is 1.79. The molecule has 0 bridgehead atoms. The summed E-state index contributed by atoms with van der Waals surface area (Å²) < 4.78 is 0. The normalized spacial score (nSPS) is 14.6. The summed E-state index contributed by atoms with van der Waals surface area (Å²) in [5, 5.41) is 0. The molecule has 0 saturated carbocycles. The Balaban J connectivity index is 2.32. The maximum Gasteiger partial charge on any atom is 0.0466 e. The summed E-state index contributed by atoms with van der Waals surface area (Å²) in [5.74, 6) is 0. The van der Waals surface area contributed by atoms with E-state index in [0.29, 0.717) is 0 Å². The molecule has 0 fully saturated rings. The summed E-state index contributed by atoms with van der Waals surface area (Å²) in [6, 6.07) is 6.06. The molecule has 1 aromatic carbocycles. The molecule has 0 aromatic heterocycles. The molecular weight excluding hydrogens is 184 g/mol. The van der Waals surface area contributed by atoms with Crippen molar-refractivity contribution in [3.05, 3.63) is 42.0 Å². The number of allylic oxidation sites excluding steroid dienone is 1. The SMILES string of the molecule is C/C=C/CN1CC=Cc2ccc(N)cc21. The molecule has 2 nitrogen and oxygen atoms in total. The van der Waals surface area contributed by atoms with Crippen molar-refractivity contribution in [1.29, 1.82) is 0 Å². The van der Waals surface area contributed by atoms with E-state index >= 15 is 0 Å². The molecule has 1 aliphatic heterocycles. The number of benzene rings is 1. The van der Waals surface area contributed by atoms with Gasteiger partial charge in [-0.25, -0.2) is 0 Å². The van der Waals surface area contributed by atoms with Crippen LogP contribution in [0.1, 0.15) is 12.5 Å². The highest BCUT2D eigenvalue weighted by Gasteiger charge is 2.11. The van der Waals surface area contributed by atoms with Crippen molar-refractivity contribution in [3.8, 4) is 0 Å². The Morgan fingerprint density at radius 1 is 1.47 bits per heavy atom. The number of anilines is 2. The predicted molar refractivity (Wildman–Crippen MR) is 66.9 cm³/mol. The highest BCUT2D eigenvalue weighted by Crippen LogP contribution is 2.27. The van der Waals surface area contributed by atoms with Gasteiger partial charge in [-0.3, -0.25) is 0 Å². The highest BCUT2D eigenvalue weighted by molar-refractivity contribution is 5.74. The van der Waals surface area contributed by atoms with E-state index in [1.165, 1.54) is 11.3 Å². The van der Waals surface area contributed by atoms with Gasteiger partial charge in [0.25, 0.3) is 0 Å². The summed E-state index contributed by atoms with van der Waals surface area (Å²) in [6.07, 6.45) is 8.57. The summed E-state index contributed by atoms with van der Waals surface area (Å²) >= 11 is 0. The Bertz CT molecular complexity index is 405. The lowest BCUT2D eigenvalue weighted by atomic mass is 10.1. The number of nitrogen functional groups attached to an aromatic ring is 1. The minimum Gasteiger partial charge on any atom is -0.399 e. The molecule has 2 heteroatoms. The monoisotopic (exact) mass is 200 g/mol. The first-order chi connectivity index (χ1) is 7.31. The van der Waals surface area contributed by atoms with E-state index in [2.05, 4.69) is 35.3 Å². The first kappa shape index (κ1) is 9.84. The zero-order valence-corrected chi connectivity index (χ0v) is 8.98. The largest absolute Gasteiger partial charge is 0.399 e. The Morgan fingerprint density at radius 3 is 3.13 bits per heavy atom. The van der Waals surface area contributed by atoms with Gasteiger partial charge in [0.15, 0.2) is 0 Å². The molecule has 0 unspecified atom stereocenters. The summed E-state index contributed by atoms with van der Waals surface area (Å²) in [4.78, 5) is 2.31. The first-order valence-electron chi connectivity index (χ1n) is 5.23. The molecule has 78 valence electrons. The van der Waals surface area contributed by atoms with Crippen LogP contribution in [0.25, 0.3) is 6.08 Å². The fourth-order valence-corrected chi connectivity index (χ4v) is 1.79. The number of nitrogens with two attached hydrogens (primary N) is 1. The van der Waals surface area contributed by atoms with E-state index in [1.807, 2.05) is 19.1 Å². The van der Waals surface area contributed by atoms with Crippen LogP contribution in [-0.2, 0) is 0 Å². The fraction of sp³-hybridized carbons (Fsp3) is 0.231. The first-order valence-corrected chi connectivity index (χ1v) is 5.23. The summed E-state index contributed by atoms with van der Waals surface area (Å²) in [6.45, 7) is 3.94. The van der Waals surface area contributed by atoms with Gasteiger partial charge < -0.3 is 10.6 Å². The second-order valence-electron chi connectivity index (χ2n) is 3.69. The molecule has 0 amide bonds. The van der Waals surface area contributed by atoms with Crippen molar-refractivity contribution >= 4 is 17.5 Å². The molecule has 2 rings (SSSR count). The van der Waals surface area contributed by atoms with Crippen LogP contribution >= 0.6 is 0 Å². The van der Waals surface area contributed by atoms with Gasteiger partial charge in [0.2, 0.25) is 0 Å². The van der Waals surface area contributed by atoms with Crippen LogP contribution in [0.15, 0.2) is 36.4 Å².